The summed E-state index contributed by atoms with van der Waals surface area (Å²) < 4.78 is 45.7. The molecule has 0 saturated carbocycles. The second-order valence-corrected chi connectivity index (χ2v) is 10.1. The van der Waals surface area contributed by atoms with Crippen LogP contribution in [0.2, 0.25) is 0 Å². The van der Waals surface area contributed by atoms with E-state index in [1.165, 1.54) is 18.2 Å². The fraction of sp³-hybridized carbons (Fsp3) is 0.188. The van der Waals surface area contributed by atoms with Crippen LogP contribution in [-0.4, -0.2) is 43.0 Å². The molecule has 214 valence electrons. The van der Waals surface area contributed by atoms with Gasteiger partial charge in [-0.25, -0.2) is 4.79 Å². The maximum absolute atomic E-state index is 13.8. The Labute approximate surface area is 240 Å². The molecular weight excluding hydrogens is 545 g/mol. The maximum Gasteiger partial charge on any atom is 0.418 e. The summed E-state index contributed by atoms with van der Waals surface area (Å²) in [5.41, 5.74) is 1.83. The zero-order valence-electron chi connectivity index (χ0n) is 22.4. The fourth-order valence-corrected chi connectivity index (χ4v) is 5.42. The van der Waals surface area contributed by atoms with Crippen molar-refractivity contribution in [3.8, 4) is 11.5 Å². The van der Waals surface area contributed by atoms with Gasteiger partial charge in [0.15, 0.2) is 0 Å². The van der Waals surface area contributed by atoms with Gasteiger partial charge in [0.25, 0.3) is 0 Å². The molecule has 2 aliphatic heterocycles. The number of piperazine rings is 1. The number of urea groups is 1. The molecular formula is C32H27F3N4O3. The lowest BCUT2D eigenvalue weighted by Crippen LogP contribution is -2.50. The highest BCUT2D eigenvalue weighted by atomic mass is 19.4. The first-order chi connectivity index (χ1) is 20.3. The molecule has 2 aliphatic rings. The minimum absolute atomic E-state index is 0.0375. The van der Waals surface area contributed by atoms with Crippen molar-refractivity contribution >= 4 is 29.0 Å². The second kappa shape index (κ2) is 11.1. The molecule has 7 nitrogen and oxygen atoms in total. The number of alkyl halides is 3. The highest BCUT2D eigenvalue weighted by Crippen LogP contribution is 2.44. The summed E-state index contributed by atoms with van der Waals surface area (Å²) in [7, 11) is 0. The third-order valence-electron chi connectivity index (χ3n) is 7.49. The van der Waals surface area contributed by atoms with Gasteiger partial charge in [-0.15, -0.1) is 0 Å². The summed E-state index contributed by atoms with van der Waals surface area (Å²) in [6.07, 6.45) is -4.58. The number of fused-ring (bicyclic) bond motifs is 2. The Morgan fingerprint density at radius 3 is 1.90 bits per heavy atom. The maximum atomic E-state index is 13.8. The zero-order chi connectivity index (χ0) is 29.3. The normalized spacial score (nSPS) is 14.8. The van der Waals surface area contributed by atoms with Crippen molar-refractivity contribution in [2.45, 2.75) is 12.1 Å². The minimum atomic E-state index is -4.58. The number of carbonyl (C=O) groups excluding carboxylic acids is 2. The predicted octanol–water partition coefficient (Wildman–Crippen LogP) is 6.94. The second-order valence-electron chi connectivity index (χ2n) is 10.1. The molecule has 1 saturated heterocycles. The summed E-state index contributed by atoms with van der Waals surface area (Å²) in [5, 5.41) is 4.85. The van der Waals surface area contributed by atoms with E-state index >= 15 is 0 Å². The number of hydrogen-bond acceptors (Lipinski definition) is 4. The van der Waals surface area contributed by atoms with Gasteiger partial charge in [0.1, 0.15) is 11.5 Å². The van der Waals surface area contributed by atoms with Crippen LogP contribution in [0, 0.1) is 0 Å². The third kappa shape index (κ3) is 5.47. The highest BCUT2D eigenvalue weighted by Gasteiger charge is 2.36. The third-order valence-corrected chi connectivity index (χ3v) is 7.49. The number of halogens is 3. The van der Waals surface area contributed by atoms with Crippen LogP contribution in [-0.2, 0) is 11.0 Å². The average Bonchev–Trinajstić information content (AvgIpc) is 3.00. The number of rotatable bonds is 4. The molecule has 4 aromatic carbocycles. The van der Waals surface area contributed by atoms with Crippen molar-refractivity contribution in [2.75, 3.05) is 41.7 Å². The molecule has 0 aliphatic carbocycles. The predicted molar refractivity (Wildman–Crippen MR) is 154 cm³/mol. The van der Waals surface area contributed by atoms with E-state index in [0.29, 0.717) is 43.4 Å². The Balaban J connectivity index is 1.08. The van der Waals surface area contributed by atoms with E-state index in [2.05, 4.69) is 15.5 Å². The van der Waals surface area contributed by atoms with Gasteiger partial charge in [0, 0.05) is 48.7 Å². The first kappa shape index (κ1) is 27.2. The smallest absolute Gasteiger partial charge is 0.418 e. The standard InChI is InChI=1S/C32H27F3N4O3/c33-32(34,35)25-9-3-4-10-26(25)37-31(41)36-21-13-15-22(16-14-21)38-17-19-39(20-18-38)30(40)29-23-7-1-5-11-27(23)42-28-12-6-2-8-24(28)29/h1-16,29H,17-20H2,(H2,36,37,41). The molecule has 2 heterocycles. The van der Waals surface area contributed by atoms with Crippen LogP contribution in [0.5, 0.6) is 11.5 Å². The highest BCUT2D eigenvalue weighted by molar-refractivity contribution is 6.00. The van der Waals surface area contributed by atoms with E-state index in [0.717, 1.165) is 22.9 Å². The number of nitrogens with one attached hydrogen (secondary N) is 2. The molecule has 0 bridgehead atoms. The lowest BCUT2D eigenvalue weighted by atomic mass is 9.86. The van der Waals surface area contributed by atoms with E-state index in [1.54, 1.807) is 12.1 Å². The number of benzene rings is 4. The number of ether oxygens (including phenoxy) is 1. The van der Waals surface area contributed by atoms with Crippen LogP contribution in [0.4, 0.5) is 35.0 Å². The van der Waals surface area contributed by atoms with Gasteiger partial charge in [-0.1, -0.05) is 48.5 Å². The van der Waals surface area contributed by atoms with Crippen molar-refractivity contribution in [1.29, 1.82) is 0 Å². The molecule has 0 aromatic heterocycles. The van der Waals surface area contributed by atoms with Crippen LogP contribution in [0.15, 0.2) is 97.1 Å². The minimum Gasteiger partial charge on any atom is -0.457 e. The van der Waals surface area contributed by atoms with E-state index in [1.807, 2.05) is 65.6 Å². The van der Waals surface area contributed by atoms with Crippen LogP contribution < -0.4 is 20.3 Å². The Morgan fingerprint density at radius 2 is 1.29 bits per heavy atom. The van der Waals surface area contributed by atoms with Crippen molar-refractivity contribution in [3.63, 3.8) is 0 Å². The van der Waals surface area contributed by atoms with Gasteiger partial charge in [0.05, 0.1) is 17.2 Å². The number of carbonyl (C=O) groups is 2. The number of amides is 3. The summed E-state index contributed by atoms with van der Waals surface area (Å²) in [6.45, 7) is 2.34. The summed E-state index contributed by atoms with van der Waals surface area (Å²) >= 11 is 0. The molecule has 6 rings (SSSR count). The molecule has 0 spiro atoms. The first-order valence-corrected chi connectivity index (χ1v) is 13.5. The summed E-state index contributed by atoms with van der Waals surface area (Å²) in [4.78, 5) is 30.2. The van der Waals surface area contributed by atoms with Crippen LogP contribution in [0.25, 0.3) is 0 Å². The van der Waals surface area contributed by atoms with Gasteiger partial charge in [0.2, 0.25) is 5.91 Å². The van der Waals surface area contributed by atoms with Gasteiger partial charge in [-0.3, -0.25) is 4.79 Å². The van der Waals surface area contributed by atoms with Gasteiger partial charge < -0.3 is 25.2 Å². The average molecular weight is 573 g/mol. The molecule has 4 aromatic rings. The Morgan fingerprint density at radius 1 is 0.714 bits per heavy atom. The van der Waals surface area contributed by atoms with E-state index in [9.17, 15) is 22.8 Å². The molecule has 2 N–H and O–H groups in total. The largest absolute Gasteiger partial charge is 0.457 e. The number of para-hydroxylation sites is 3. The van der Waals surface area contributed by atoms with Crippen molar-refractivity contribution in [3.05, 3.63) is 114 Å². The molecule has 0 atom stereocenters. The molecule has 10 heteroatoms. The summed E-state index contributed by atoms with van der Waals surface area (Å²) in [6, 6.07) is 26.4. The van der Waals surface area contributed by atoms with E-state index in [4.69, 9.17) is 4.74 Å². The monoisotopic (exact) mass is 572 g/mol. The lowest BCUT2D eigenvalue weighted by Gasteiger charge is -2.38. The van der Waals surface area contributed by atoms with Gasteiger partial charge in [-0.2, -0.15) is 13.2 Å². The molecule has 42 heavy (non-hydrogen) atoms. The van der Waals surface area contributed by atoms with Gasteiger partial charge >= 0.3 is 12.2 Å². The van der Waals surface area contributed by atoms with Crippen LogP contribution >= 0.6 is 0 Å². The zero-order valence-corrected chi connectivity index (χ0v) is 22.4. The fourth-order valence-electron chi connectivity index (χ4n) is 5.42. The van der Waals surface area contributed by atoms with Gasteiger partial charge in [-0.05, 0) is 48.5 Å². The summed E-state index contributed by atoms with van der Waals surface area (Å²) in [5.74, 6) is 0.994. The quantitative estimate of drug-likeness (QED) is 0.278. The van der Waals surface area contributed by atoms with Crippen molar-refractivity contribution in [1.82, 2.24) is 4.90 Å². The first-order valence-electron chi connectivity index (χ1n) is 13.5. The number of nitrogens with zero attached hydrogens (tertiary/aromatic N) is 2. The van der Waals surface area contributed by atoms with Crippen LogP contribution in [0.3, 0.4) is 0 Å². The Kier molecular flexibility index (Phi) is 7.20. The number of anilines is 3. The Hall–Kier alpha value is -4.99. The van der Waals surface area contributed by atoms with Crippen LogP contribution in [0.1, 0.15) is 22.6 Å². The topological polar surface area (TPSA) is 73.9 Å². The van der Waals surface area contributed by atoms with E-state index < -0.39 is 23.7 Å². The number of hydrogen-bond donors (Lipinski definition) is 2. The van der Waals surface area contributed by atoms with Crippen molar-refractivity contribution < 1.29 is 27.5 Å². The molecule has 0 unspecified atom stereocenters. The lowest BCUT2D eigenvalue weighted by molar-refractivity contribution is -0.137. The molecule has 1 fully saturated rings. The Bertz CT molecular complexity index is 1570. The van der Waals surface area contributed by atoms with Crippen molar-refractivity contribution in [2.24, 2.45) is 0 Å². The SMILES string of the molecule is O=C(Nc1ccc(N2CCN(C(=O)C3c4ccccc4Oc4ccccc43)CC2)cc1)Nc1ccccc1C(F)(F)F. The molecule has 0 radical (unpaired) electrons. The van der Waals surface area contributed by atoms with E-state index in [-0.39, 0.29) is 11.6 Å². The molecule has 3 amide bonds.